The van der Waals surface area contributed by atoms with Gasteiger partial charge in [-0.25, -0.2) is 4.79 Å². The molecule has 1 N–H and O–H groups in total. The van der Waals surface area contributed by atoms with Gasteiger partial charge in [-0.05, 0) is 34.8 Å². The third-order valence-electron chi connectivity index (χ3n) is 3.78. The maximum absolute atomic E-state index is 11.7. The van der Waals surface area contributed by atoms with E-state index < -0.39 is 0 Å². The minimum absolute atomic E-state index is 0.0826. The van der Waals surface area contributed by atoms with Crippen LogP contribution in [-0.2, 0) is 0 Å². The Morgan fingerprint density at radius 3 is 3.00 bits per heavy atom. The third-order valence-corrected chi connectivity index (χ3v) is 4.22. The molecule has 5 nitrogen and oxygen atoms in total. The van der Waals surface area contributed by atoms with Crippen molar-refractivity contribution in [1.82, 2.24) is 15.2 Å². The maximum atomic E-state index is 11.7. The van der Waals surface area contributed by atoms with E-state index in [2.05, 4.69) is 37.2 Å². The molecule has 0 aromatic carbocycles. The smallest absolute Gasteiger partial charge is 0.317 e. The molecule has 2 amide bonds. The van der Waals surface area contributed by atoms with Crippen LogP contribution in [-0.4, -0.2) is 48.1 Å². The van der Waals surface area contributed by atoms with Gasteiger partial charge in [-0.3, -0.25) is 4.98 Å². The van der Waals surface area contributed by atoms with E-state index in [4.69, 9.17) is 0 Å². The van der Waals surface area contributed by atoms with E-state index in [1.54, 1.807) is 6.20 Å². The molecule has 2 saturated heterocycles. The van der Waals surface area contributed by atoms with Gasteiger partial charge in [0.1, 0.15) is 0 Å². The average Bonchev–Trinajstić information content (AvgIpc) is 2.85. The lowest BCUT2D eigenvalue weighted by Gasteiger charge is -2.38. The molecule has 3 rings (SSSR count). The summed E-state index contributed by atoms with van der Waals surface area (Å²) in [4.78, 5) is 20.2. The summed E-state index contributed by atoms with van der Waals surface area (Å²) in [5.41, 5.74) is 1.12. The van der Waals surface area contributed by atoms with Crippen LogP contribution in [0.15, 0.2) is 22.9 Å². The molecular formula is C13H17BrN4O. The molecule has 0 radical (unpaired) electrons. The van der Waals surface area contributed by atoms with Gasteiger partial charge in [0, 0.05) is 36.8 Å². The Labute approximate surface area is 121 Å². The van der Waals surface area contributed by atoms with Crippen molar-refractivity contribution in [3.8, 4) is 0 Å². The van der Waals surface area contributed by atoms with Crippen LogP contribution in [0.5, 0.6) is 0 Å². The normalized spacial score (nSPS) is 23.6. The number of halogens is 1. The van der Waals surface area contributed by atoms with E-state index in [0.29, 0.717) is 6.04 Å². The van der Waals surface area contributed by atoms with E-state index >= 15 is 0 Å². The van der Waals surface area contributed by atoms with Crippen LogP contribution in [0, 0.1) is 0 Å². The molecule has 1 atom stereocenters. The van der Waals surface area contributed by atoms with Crippen molar-refractivity contribution in [1.29, 1.82) is 0 Å². The molecule has 1 aromatic heterocycles. The topological polar surface area (TPSA) is 48.5 Å². The third kappa shape index (κ3) is 2.68. The predicted octanol–water partition coefficient (Wildman–Crippen LogP) is 1.84. The van der Waals surface area contributed by atoms with E-state index in [1.165, 1.54) is 0 Å². The van der Waals surface area contributed by atoms with Crippen molar-refractivity contribution in [3.63, 3.8) is 0 Å². The van der Waals surface area contributed by atoms with Gasteiger partial charge in [-0.2, -0.15) is 0 Å². The number of pyridine rings is 1. The van der Waals surface area contributed by atoms with E-state index in [0.717, 1.165) is 49.2 Å². The first kappa shape index (κ1) is 12.7. The second-order valence-corrected chi connectivity index (χ2v) is 5.94. The molecule has 3 heterocycles. The van der Waals surface area contributed by atoms with Crippen molar-refractivity contribution in [3.05, 3.63) is 22.9 Å². The molecule has 1 aromatic rings. The summed E-state index contributed by atoms with van der Waals surface area (Å²) in [5.74, 6) is 0. The van der Waals surface area contributed by atoms with E-state index in [1.807, 2.05) is 11.1 Å². The second kappa shape index (κ2) is 5.36. The molecule has 6 heteroatoms. The molecule has 2 aliphatic heterocycles. The van der Waals surface area contributed by atoms with Gasteiger partial charge >= 0.3 is 6.03 Å². The minimum Gasteiger partial charge on any atom is -0.368 e. The summed E-state index contributed by atoms with van der Waals surface area (Å²) in [5, 5.41) is 2.88. The molecule has 19 heavy (non-hydrogen) atoms. The number of piperidine rings is 1. The first-order valence-corrected chi connectivity index (χ1v) is 7.43. The summed E-state index contributed by atoms with van der Waals surface area (Å²) >= 11 is 3.46. The van der Waals surface area contributed by atoms with Crippen LogP contribution in [0.2, 0.25) is 0 Å². The number of urea groups is 1. The number of hydrogen-bond acceptors (Lipinski definition) is 3. The lowest BCUT2D eigenvalue weighted by molar-refractivity contribution is 0.189. The van der Waals surface area contributed by atoms with Crippen LogP contribution in [0.4, 0.5) is 10.5 Å². The highest BCUT2D eigenvalue weighted by Crippen LogP contribution is 2.24. The minimum atomic E-state index is 0.0826. The number of amides is 2. The van der Waals surface area contributed by atoms with Crippen LogP contribution < -0.4 is 10.2 Å². The molecule has 102 valence electrons. The molecule has 0 aliphatic carbocycles. The Hall–Kier alpha value is -1.30. The van der Waals surface area contributed by atoms with Gasteiger partial charge in [0.2, 0.25) is 0 Å². The first-order valence-electron chi connectivity index (χ1n) is 6.64. The molecule has 0 spiro atoms. The highest BCUT2D eigenvalue weighted by Gasteiger charge is 2.31. The van der Waals surface area contributed by atoms with E-state index in [9.17, 15) is 4.79 Å². The predicted molar refractivity (Wildman–Crippen MR) is 77.3 cm³/mol. The maximum Gasteiger partial charge on any atom is 0.317 e. The van der Waals surface area contributed by atoms with Crippen molar-refractivity contribution in [2.24, 2.45) is 0 Å². The summed E-state index contributed by atoms with van der Waals surface area (Å²) in [7, 11) is 0. The highest BCUT2D eigenvalue weighted by atomic mass is 79.9. The zero-order valence-electron chi connectivity index (χ0n) is 10.7. The Kier molecular flexibility index (Phi) is 3.59. The number of nitrogens with one attached hydrogen (secondary N) is 1. The number of carbonyl (C=O) groups is 1. The molecule has 0 bridgehead atoms. The fourth-order valence-corrected chi connectivity index (χ4v) is 3.20. The van der Waals surface area contributed by atoms with Crippen molar-refractivity contribution in [2.75, 3.05) is 31.1 Å². The fraction of sp³-hybridized carbons (Fsp3) is 0.538. The fourth-order valence-electron chi connectivity index (χ4n) is 2.85. The first-order chi connectivity index (χ1) is 9.24. The highest BCUT2D eigenvalue weighted by molar-refractivity contribution is 9.10. The lowest BCUT2D eigenvalue weighted by atomic mass is 10.0. The Bertz CT molecular complexity index is 481. The van der Waals surface area contributed by atoms with Crippen LogP contribution in [0.1, 0.15) is 12.8 Å². The molecule has 2 aliphatic rings. The molecular weight excluding hydrogens is 308 g/mol. The monoisotopic (exact) mass is 324 g/mol. The number of aromatic nitrogens is 1. The average molecular weight is 325 g/mol. The van der Waals surface area contributed by atoms with Gasteiger partial charge in [0.15, 0.2) is 0 Å². The van der Waals surface area contributed by atoms with Crippen LogP contribution in [0.25, 0.3) is 0 Å². The van der Waals surface area contributed by atoms with Gasteiger partial charge in [-0.15, -0.1) is 0 Å². The van der Waals surface area contributed by atoms with Gasteiger partial charge in [-0.1, -0.05) is 0 Å². The number of anilines is 1. The summed E-state index contributed by atoms with van der Waals surface area (Å²) in [6, 6.07) is 2.48. The standard InChI is InChI=1S/C13H17BrN4O/c14-10-6-12(8-15-7-10)17-4-1-2-11(9-17)18-5-3-16-13(18)19/h6-8,11H,1-5,9H2,(H,16,19). The summed E-state index contributed by atoms with van der Waals surface area (Å²) in [6.45, 7) is 3.53. The van der Waals surface area contributed by atoms with Crippen LogP contribution >= 0.6 is 15.9 Å². The Morgan fingerprint density at radius 2 is 2.26 bits per heavy atom. The number of carbonyl (C=O) groups excluding carboxylic acids is 1. The Morgan fingerprint density at radius 1 is 1.37 bits per heavy atom. The molecule has 1 unspecified atom stereocenters. The van der Waals surface area contributed by atoms with Gasteiger partial charge in [0.05, 0.1) is 17.9 Å². The van der Waals surface area contributed by atoms with Crippen LogP contribution in [0.3, 0.4) is 0 Å². The SMILES string of the molecule is O=C1NCCN1C1CCCN(c2cncc(Br)c2)C1. The summed E-state index contributed by atoms with van der Waals surface area (Å²) in [6.07, 6.45) is 5.88. The molecule has 2 fully saturated rings. The molecule has 0 saturated carbocycles. The number of nitrogens with zero attached hydrogens (tertiary/aromatic N) is 3. The number of hydrogen-bond donors (Lipinski definition) is 1. The van der Waals surface area contributed by atoms with Gasteiger partial charge < -0.3 is 15.1 Å². The van der Waals surface area contributed by atoms with Crippen molar-refractivity contribution >= 4 is 27.6 Å². The lowest BCUT2D eigenvalue weighted by Crippen LogP contribution is -2.49. The van der Waals surface area contributed by atoms with Gasteiger partial charge in [0.25, 0.3) is 0 Å². The van der Waals surface area contributed by atoms with E-state index in [-0.39, 0.29) is 6.03 Å². The Balaban J connectivity index is 1.72. The zero-order chi connectivity index (χ0) is 13.2. The summed E-state index contributed by atoms with van der Waals surface area (Å²) < 4.78 is 0.992. The van der Waals surface area contributed by atoms with Crippen molar-refractivity contribution in [2.45, 2.75) is 18.9 Å². The largest absolute Gasteiger partial charge is 0.368 e. The van der Waals surface area contributed by atoms with Crippen molar-refractivity contribution < 1.29 is 4.79 Å². The zero-order valence-corrected chi connectivity index (χ0v) is 12.3. The second-order valence-electron chi connectivity index (χ2n) is 5.03. The quantitative estimate of drug-likeness (QED) is 0.903. The number of rotatable bonds is 2.